The minimum atomic E-state index is -0.772. The Bertz CT molecular complexity index is 1320. The van der Waals surface area contributed by atoms with Crippen LogP contribution in [0.25, 0.3) is 10.8 Å². The van der Waals surface area contributed by atoms with Crippen molar-refractivity contribution in [3.8, 4) is 0 Å². The largest absolute Gasteiger partial charge is 0.346 e. The van der Waals surface area contributed by atoms with E-state index in [9.17, 15) is 24.0 Å². The predicted molar refractivity (Wildman–Crippen MR) is 194 cm³/mol. The summed E-state index contributed by atoms with van der Waals surface area (Å²) in [6.07, 6.45) is 15.7. The Morgan fingerprint density at radius 1 is 0.875 bits per heavy atom. The molecule has 1 aliphatic rings. The van der Waals surface area contributed by atoms with Gasteiger partial charge in [-0.15, -0.1) is 0 Å². The Kier molecular flexibility index (Phi) is 17.6. The van der Waals surface area contributed by atoms with E-state index < -0.39 is 18.0 Å². The third-order valence-electron chi connectivity index (χ3n) is 9.82. The van der Waals surface area contributed by atoms with E-state index in [0.29, 0.717) is 38.4 Å². The summed E-state index contributed by atoms with van der Waals surface area (Å²) in [7, 11) is 0. The number of carbonyl (C=O) groups is 5. The Morgan fingerprint density at radius 2 is 1.56 bits per heavy atom. The number of nitrogens with one attached hydrogen (secondary N) is 2. The second-order valence-corrected chi connectivity index (χ2v) is 14.4. The molecule has 0 aromatic heterocycles. The molecule has 4 atom stereocenters. The van der Waals surface area contributed by atoms with Gasteiger partial charge in [0.25, 0.3) is 0 Å². The molecule has 2 N–H and O–H groups in total. The lowest BCUT2D eigenvalue weighted by Gasteiger charge is -2.26. The van der Waals surface area contributed by atoms with E-state index in [4.69, 9.17) is 0 Å². The molecule has 1 saturated carbocycles. The first-order valence-electron chi connectivity index (χ1n) is 18.8. The molecule has 48 heavy (non-hydrogen) atoms. The van der Waals surface area contributed by atoms with Crippen LogP contribution in [0, 0.1) is 17.8 Å². The van der Waals surface area contributed by atoms with Crippen LogP contribution in [0.2, 0.25) is 0 Å². The van der Waals surface area contributed by atoms with Gasteiger partial charge in [-0.1, -0.05) is 121 Å². The van der Waals surface area contributed by atoms with Crippen LogP contribution in [-0.4, -0.2) is 41.8 Å². The minimum Gasteiger partial charge on any atom is -0.346 e. The third-order valence-corrected chi connectivity index (χ3v) is 9.82. The zero-order chi connectivity index (χ0) is 34.7. The van der Waals surface area contributed by atoms with Gasteiger partial charge in [-0.3, -0.25) is 19.2 Å². The highest BCUT2D eigenvalue weighted by Crippen LogP contribution is 2.26. The minimum absolute atomic E-state index is 0.0360. The third kappa shape index (κ3) is 13.6. The summed E-state index contributed by atoms with van der Waals surface area (Å²) in [5.74, 6) is -1.24. The fourth-order valence-corrected chi connectivity index (χ4v) is 7.10. The summed E-state index contributed by atoms with van der Waals surface area (Å²) in [6, 6.07) is 12.5. The lowest BCUT2D eigenvalue weighted by Crippen LogP contribution is -2.46. The van der Waals surface area contributed by atoms with Crippen molar-refractivity contribution in [2.75, 3.05) is 0 Å². The summed E-state index contributed by atoms with van der Waals surface area (Å²) >= 11 is 0. The van der Waals surface area contributed by atoms with Crippen LogP contribution < -0.4 is 10.6 Å². The summed E-state index contributed by atoms with van der Waals surface area (Å²) in [5.41, 5.74) is 0.970. The molecule has 2 aromatic carbocycles. The number of hydrogen-bond donors (Lipinski definition) is 2. The summed E-state index contributed by atoms with van der Waals surface area (Å²) < 4.78 is 0. The zero-order valence-electron chi connectivity index (χ0n) is 29.8. The molecule has 7 nitrogen and oxygen atoms in total. The fraction of sp³-hybridized carbons (Fsp3) is 0.634. The predicted octanol–water partition coefficient (Wildman–Crippen LogP) is 8.24. The van der Waals surface area contributed by atoms with Gasteiger partial charge in [-0.2, -0.15) is 0 Å². The standard InChI is InChI=1S/C41H60N2O5/c1-4-5-6-7-8-9-10-11-12-24-40(47)43-37(27-32-21-17-20-31-18-13-15-22-36(31)32)39(46)28-34(25-30(2)3)41(48)42-35(29-44)26-33-19-14-16-23-38(33)45/h13,15,17-18,20-22,29-30,33-35,37H,4-12,14,16,19,23-28H2,1-3H3,(H,42,48)(H,43,47)/t33-,34+,35-,37-/m0/s1. The van der Waals surface area contributed by atoms with Crippen molar-refractivity contribution in [2.24, 2.45) is 17.8 Å². The van der Waals surface area contributed by atoms with Gasteiger partial charge >= 0.3 is 0 Å². The molecular weight excluding hydrogens is 600 g/mol. The van der Waals surface area contributed by atoms with E-state index in [1.54, 1.807) is 0 Å². The van der Waals surface area contributed by atoms with Crippen LogP contribution >= 0.6 is 0 Å². The number of rotatable bonds is 23. The summed E-state index contributed by atoms with van der Waals surface area (Å²) in [5, 5.41) is 8.01. The van der Waals surface area contributed by atoms with Gasteiger partial charge in [0.2, 0.25) is 11.8 Å². The highest BCUT2D eigenvalue weighted by atomic mass is 16.2. The topological polar surface area (TPSA) is 109 Å². The monoisotopic (exact) mass is 660 g/mol. The molecule has 2 amide bonds. The number of amides is 2. The van der Waals surface area contributed by atoms with Crippen LogP contribution in [0.5, 0.6) is 0 Å². The number of fused-ring (bicyclic) bond motifs is 1. The van der Waals surface area contributed by atoms with Crippen LogP contribution in [0.1, 0.15) is 135 Å². The van der Waals surface area contributed by atoms with Crippen molar-refractivity contribution < 1.29 is 24.0 Å². The molecule has 0 bridgehead atoms. The van der Waals surface area contributed by atoms with Crippen LogP contribution in [0.4, 0.5) is 0 Å². The van der Waals surface area contributed by atoms with E-state index in [0.717, 1.165) is 54.9 Å². The van der Waals surface area contributed by atoms with Gasteiger partial charge in [0.1, 0.15) is 12.1 Å². The number of benzene rings is 2. The molecule has 1 aliphatic carbocycles. The molecule has 264 valence electrons. The average Bonchev–Trinajstić information content (AvgIpc) is 3.07. The number of aldehydes is 1. The molecule has 7 heteroatoms. The molecule has 0 heterocycles. The van der Waals surface area contributed by atoms with Gasteiger partial charge in [-0.05, 0) is 54.4 Å². The number of hydrogen-bond acceptors (Lipinski definition) is 5. The average molecular weight is 661 g/mol. The van der Waals surface area contributed by atoms with Crippen molar-refractivity contribution in [3.63, 3.8) is 0 Å². The molecule has 3 rings (SSSR count). The van der Waals surface area contributed by atoms with E-state index in [1.165, 1.54) is 38.5 Å². The molecule has 0 radical (unpaired) electrons. The Labute approximate surface area is 288 Å². The normalized spacial score (nSPS) is 16.8. The SMILES string of the molecule is CCCCCCCCCCCC(=O)N[C@@H](Cc1cccc2ccccc12)C(=O)C[C@@H](CC(C)C)C(=O)N[C@H](C=O)C[C@@H]1CCCCC1=O. The maximum Gasteiger partial charge on any atom is 0.224 e. The van der Waals surface area contributed by atoms with Gasteiger partial charge in [0.15, 0.2) is 5.78 Å². The second-order valence-electron chi connectivity index (χ2n) is 14.4. The van der Waals surface area contributed by atoms with Crippen molar-refractivity contribution in [1.29, 1.82) is 0 Å². The Morgan fingerprint density at radius 3 is 2.25 bits per heavy atom. The van der Waals surface area contributed by atoms with Gasteiger partial charge in [0, 0.05) is 37.5 Å². The van der Waals surface area contributed by atoms with Gasteiger partial charge in [0.05, 0.1) is 12.1 Å². The van der Waals surface area contributed by atoms with E-state index in [1.807, 2.05) is 56.3 Å². The molecule has 0 aliphatic heterocycles. The fourth-order valence-electron chi connectivity index (χ4n) is 7.10. The first-order valence-corrected chi connectivity index (χ1v) is 18.8. The smallest absolute Gasteiger partial charge is 0.224 e. The van der Waals surface area contributed by atoms with Crippen LogP contribution in [0.3, 0.4) is 0 Å². The van der Waals surface area contributed by atoms with Crippen molar-refractivity contribution >= 4 is 40.4 Å². The number of carbonyl (C=O) groups excluding carboxylic acids is 5. The summed E-state index contributed by atoms with van der Waals surface area (Å²) in [4.78, 5) is 65.2. The lowest BCUT2D eigenvalue weighted by atomic mass is 9.83. The van der Waals surface area contributed by atoms with Crippen LogP contribution in [-0.2, 0) is 30.4 Å². The molecule has 0 spiro atoms. The van der Waals surface area contributed by atoms with Gasteiger partial charge in [-0.25, -0.2) is 0 Å². The maximum absolute atomic E-state index is 14.0. The number of unbranched alkanes of at least 4 members (excludes halogenated alkanes) is 8. The quantitative estimate of drug-likeness (QED) is 0.0922. The maximum atomic E-state index is 14.0. The number of Topliss-reactive ketones (excluding diaryl/α,β-unsaturated/α-hetero) is 2. The summed E-state index contributed by atoms with van der Waals surface area (Å²) in [6.45, 7) is 6.23. The van der Waals surface area contributed by atoms with E-state index in [2.05, 4.69) is 17.6 Å². The molecule has 2 aromatic rings. The first-order chi connectivity index (χ1) is 23.2. The van der Waals surface area contributed by atoms with E-state index >= 15 is 0 Å². The lowest BCUT2D eigenvalue weighted by molar-refractivity contribution is -0.133. The second kappa shape index (κ2) is 21.6. The Balaban J connectivity index is 1.68. The molecular formula is C41H60N2O5. The van der Waals surface area contributed by atoms with Crippen LogP contribution in [0.15, 0.2) is 42.5 Å². The highest BCUT2D eigenvalue weighted by molar-refractivity contribution is 5.94. The molecule has 0 saturated heterocycles. The number of ketones is 2. The van der Waals surface area contributed by atoms with E-state index in [-0.39, 0.29) is 41.6 Å². The van der Waals surface area contributed by atoms with Crippen molar-refractivity contribution in [3.05, 3.63) is 48.0 Å². The first kappa shape index (κ1) is 39.1. The van der Waals surface area contributed by atoms with Crippen molar-refractivity contribution in [1.82, 2.24) is 10.6 Å². The van der Waals surface area contributed by atoms with Crippen molar-refractivity contribution in [2.45, 2.75) is 148 Å². The molecule has 1 fully saturated rings. The highest BCUT2D eigenvalue weighted by Gasteiger charge is 2.31. The Hall–Kier alpha value is -3.35. The van der Waals surface area contributed by atoms with Gasteiger partial charge < -0.3 is 15.4 Å². The molecule has 0 unspecified atom stereocenters. The zero-order valence-corrected chi connectivity index (χ0v) is 29.8.